The van der Waals surface area contributed by atoms with Gasteiger partial charge in [0.1, 0.15) is 12.4 Å². The number of likely N-dealkylation sites (N-methyl/N-ethyl adjacent to an activating group) is 1. The highest BCUT2D eigenvalue weighted by atomic mass is 32.2. The molecule has 0 aliphatic carbocycles. The molecule has 0 atom stereocenters. The monoisotopic (exact) mass is 412 g/mol. The molecule has 0 bridgehead atoms. The zero-order valence-corrected chi connectivity index (χ0v) is 18.0. The molecule has 0 radical (unpaired) electrons. The fourth-order valence-electron chi connectivity index (χ4n) is 2.71. The summed E-state index contributed by atoms with van der Waals surface area (Å²) in [6.07, 6.45) is 0. The van der Waals surface area contributed by atoms with Crippen molar-refractivity contribution >= 4 is 29.0 Å². The molecule has 1 aromatic heterocycles. The minimum absolute atomic E-state index is 0.00500. The maximum absolute atomic E-state index is 12.9. The number of rotatable bonds is 8. The van der Waals surface area contributed by atoms with Gasteiger partial charge < -0.3 is 9.64 Å². The number of aromatic nitrogens is 1. The largest absolute Gasteiger partial charge is 0.492 e. The van der Waals surface area contributed by atoms with Gasteiger partial charge in [-0.3, -0.25) is 4.79 Å². The van der Waals surface area contributed by atoms with Gasteiger partial charge in [0.2, 0.25) is 0 Å². The Morgan fingerprint density at radius 2 is 2.00 bits per heavy atom. The summed E-state index contributed by atoms with van der Waals surface area (Å²) in [6.45, 7) is 5.02. The lowest BCUT2D eigenvalue weighted by atomic mass is 10.2. The number of hydrogen-bond donors (Lipinski definition) is 0. The first-order valence-electron chi connectivity index (χ1n) is 9.10. The van der Waals surface area contributed by atoms with E-state index in [1.807, 2.05) is 69.4 Å². The second kappa shape index (κ2) is 9.75. The van der Waals surface area contributed by atoms with Crippen LogP contribution in [-0.2, 0) is 5.75 Å². The molecule has 0 saturated carbocycles. The summed E-state index contributed by atoms with van der Waals surface area (Å²) >= 11 is 3.30. The lowest BCUT2D eigenvalue weighted by molar-refractivity contribution is 0.0770. The maximum atomic E-state index is 12.9. The van der Waals surface area contributed by atoms with Crippen molar-refractivity contribution in [3.63, 3.8) is 0 Å². The number of amides is 1. The highest BCUT2D eigenvalue weighted by Crippen LogP contribution is 2.27. The van der Waals surface area contributed by atoms with E-state index >= 15 is 0 Å². The number of carbonyl (C=O) groups is 1. The van der Waals surface area contributed by atoms with Crippen molar-refractivity contribution in [1.29, 1.82) is 0 Å². The average molecular weight is 413 g/mol. The normalized spacial score (nSPS) is 10.7. The molecule has 0 unspecified atom stereocenters. The molecular weight excluding hydrogens is 388 g/mol. The van der Waals surface area contributed by atoms with E-state index in [-0.39, 0.29) is 5.91 Å². The summed E-state index contributed by atoms with van der Waals surface area (Å²) < 4.78 is 5.78. The number of aryl methyl sites for hydroxylation is 2. The van der Waals surface area contributed by atoms with Crippen molar-refractivity contribution in [3.05, 3.63) is 75.7 Å². The fraction of sp³-hybridized carbons (Fsp3) is 0.273. The molecule has 1 amide bonds. The van der Waals surface area contributed by atoms with E-state index in [1.54, 1.807) is 28.0 Å². The number of thioether (sulfide) groups is 1. The molecule has 0 fully saturated rings. The Balaban J connectivity index is 1.58. The molecule has 0 N–H and O–H groups in total. The number of benzene rings is 2. The van der Waals surface area contributed by atoms with Gasteiger partial charge in [-0.05, 0) is 43.7 Å². The minimum Gasteiger partial charge on any atom is -0.492 e. The summed E-state index contributed by atoms with van der Waals surface area (Å²) in [5.74, 6) is 1.59. The summed E-state index contributed by atoms with van der Waals surface area (Å²) in [7, 11) is 1.81. The van der Waals surface area contributed by atoms with E-state index < -0.39 is 0 Å². The molecule has 3 rings (SSSR count). The molecule has 3 aromatic rings. The summed E-state index contributed by atoms with van der Waals surface area (Å²) in [5.41, 5.74) is 2.93. The van der Waals surface area contributed by atoms with Crippen LogP contribution in [0.5, 0.6) is 5.75 Å². The van der Waals surface area contributed by atoms with E-state index in [9.17, 15) is 4.79 Å². The molecule has 6 heteroatoms. The lowest BCUT2D eigenvalue weighted by Crippen LogP contribution is -2.31. The number of ether oxygens (including phenoxy) is 1. The molecular formula is C22H24N2O2S2. The fourth-order valence-corrected chi connectivity index (χ4v) is 4.36. The van der Waals surface area contributed by atoms with Gasteiger partial charge in [0.05, 0.1) is 22.8 Å². The van der Waals surface area contributed by atoms with E-state index in [4.69, 9.17) is 4.74 Å². The molecule has 1 heterocycles. The Morgan fingerprint density at radius 1 is 1.18 bits per heavy atom. The Bertz CT molecular complexity index is 940. The molecule has 4 nitrogen and oxygen atoms in total. The summed E-state index contributed by atoms with van der Waals surface area (Å²) in [6, 6.07) is 15.7. The van der Waals surface area contributed by atoms with Crippen LogP contribution in [0.15, 0.2) is 58.8 Å². The third-order valence-corrected chi connectivity index (χ3v) is 6.12. The first-order valence-corrected chi connectivity index (χ1v) is 11.0. The van der Waals surface area contributed by atoms with Crippen molar-refractivity contribution in [2.45, 2.75) is 24.5 Å². The lowest BCUT2D eigenvalue weighted by Gasteiger charge is -2.19. The zero-order valence-electron chi connectivity index (χ0n) is 16.3. The van der Waals surface area contributed by atoms with Crippen molar-refractivity contribution in [2.24, 2.45) is 0 Å². The second-order valence-corrected chi connectivity index (χ2v) is 8.61. The van der Waals surface area contributed by atoms with Crippen LogP contribution >= 0.6 is 23.1 Å². The van der Waals surface area contributed by atoms with Gasteiger partial charge >= 0.3 is 0 Å². The zero-order chi connectivity index (χ0) is 19.9. The first-order chi connectivity index (χ1) is 13.5. The van der Waals surface area contributed by atoms with Gasteiger partial charge in [-0.25, -0.2) is 4.98 Å². The van der Waals surface area contributed by atoms with Gasteiger partial charge in [-0.2, -0.15) is 0 Å². The van der Waals surface area contributed by atoms with Crippen LogP contribution in [0, 0.1) is 13.8 Å². The number of nitrogens with zero attached hydrogens (tertiary/aromatic N) is 2. The SMILES string of the molecule is Cc1cccc(OCCN(C)C(=O)c2ccccc2SCc2csc(C)n2)c1. The Morgan fingerprint density at radius 3 is 2.75 bits per heavy atom. The van der Waals surface area contributed by atoms with Crippen LogP contribution in [0.1, 0.15) is 26.6 Å². The van der Waals surface area contributed by atoms with E-state index in [2.05, 4.69) is 10.4 Å². The van der Waals surface area contributed by atoms with Crippen molar-refractivity contribution in [3.8, 4) is 5.75 Å². The Hall–Kier alpha value is -2.31. The summed E-state index contributed by atoms with van der Waals surface area (Å²) in [4.78, 5) is 20.1. The molecule has 0 saturated heterocycles. The van der Waals surface area contributed by atoms with E-state index in [0.29, 0.717) is 13.2 Å². The van der Waals surface area contributed by atoms with Crippen LogP contribution in [-0.4, -0.2) is 36.0 Å². The first kappa shape index (κ1) is 20.4. The van der Waals surface area contributed by atoms with Crippen LogP contribution < -0.4 is 4.74 Å². The predicted molar refractivity (Wildman–Crippen MR) is 116 cm³/mol. The van der Waals surface area contributed by atoms with Crippen molar-refractivity contribution in [2.75, 3.05) is 20.2 Å². The van der Waals surface area contributed by atoms with Crippen LogP contribution in [0.2, 0.25) is 0 Å². The molecule has 28 heavy (non-hydrogen) atoms. The van der Waals surface area contributed by atoms with Crippen molar-refractivity contribution < 1.29 is 9.53 Å². The van der Waals surface area contributed by atoms with E-state index in [1.165, 1.54) is 0 Å². The van der Waals surface area contributed by atoms with E-state index in [0.717, 1.165) is 38.2 Å². The second-order valence-electron chi connectivity index (χ2n) is 6.53. The van der Waals surface area contributed by atoms with Crippen LogP contribution in [0.4, 0.5) is 0 Å². The Labute approximate surface area is 174 Å². The topological polar surface area (TPSA) is 42.4 Å². The van der Waals surface area contributed by atoms with Gasteiger partial charge in [0.15, 0.2) is 0 Å². The maximum Gasteiger partial charge on any atom is 0.254 e. The molecule has 0 spiro atoms. The summed E-state index contributed by atoms with van der Waals surface area (Å²) in [5, 5.41) is 3.13. The number of carbonyl (C=O) groups excluding carboxylic acids is 1. The smallest absolute Gasteiger partial charge is 0.254 e. The van der Waals surface area contributed by atoms with Crippen LogP contribution in [0.3, 0.4) is 0 Å². The number of thiazole rings is 1. The van der Waals surface area contributed by atoms with Gasteiger partial charge in [-0.1, -0.05) is 24.3 Å². The Kier molecular flexibility index (Phi) is 7.12. The van der Waals surface area contributed by atoms with Gasteiger partial charge in [0.25, 0.3) is 5.91 Å². The molecule has 2 aromatic carbocycles. The third kappa shape index (κ3) is 5.59. The average Bonchev–Trinajstić information content (AvgIpc) is 3.11. The highest BCUT2D eigenvalue weighted by molar-refractivity contribution is 7.98. The van der Waals surface area contributed by atoms with Gasteiger partial charge in [-0.15, -0.1) is 23.1 Å². The molecule has 0 aliphatic rings. The molecule has 146 valence electrons. The molecule has 0 aliphatic heterocycles. The number of hydrogen-bond acceptors (Lipinski definition) is 5. The van der Waals surface area contributed by atoms with Crippen molar-refractivity contribution in [1.82, 2.24) is 9.88 Å². The third-order valence-electron chi connectivity index (χ3n) is 4.19. The predicted octanol–water partition coefficient (Wildman–Crippen LogP) is 5.20. The minimum atomic E-state index is 0.00500. The van der Waals surface area contributed by atoms with Crippen LogP contribution in [0.25, 0.3) is 0 Å². The standard InChI is InChI=1S/C22H24N2O2S2/c1-16-7-6-8-19(13-16)26-12-11-24(3)22(25)20-9-4-5-10-21(20)28-15-18-14-27-17(2)23-18/h4-10,13-14H,11-12,15H2,1-3H3. The van der Waals surface area contributed by atoms with Gasteiger partial charge in [0, 0.05) is 23.1 Å². The quantitative estimate of drug-likeness (QED) is 0.477. The highest BCUT2D eigenvalue weighted by Gasteiger charge is 2.16.